The van der Waals surface area contributed by atoms with E-state index < -0.39 is 0 Å². The van der Waals surface area contributed by atoms with E-state index in [2.05, 4.69) is 5.32 Å². The summed E-state index contributed by atoms with van der Waals surface area (Å²) in [5, 5.41) is 2.86. The molecule has 0 radical (unpaired) electrons. The van der Waals surface area contributed by atoms with Crippen LogP contribution in [0.3, 0.4) is 0 Å². The Bertz CT molecular complexity index is 713. The monoisotopic (exact) mass is 341 g/mol. The van der Waals surface area contributed by atoms with Crippen LogP contribution in [-0.4, -0.2) is 32.0 Å². The van der Waals surface area contributed by atoms with E-state index in [0.717, 1.165) is 5.75 Å². The molecule has 0 unspecified atom stereocenters. The van der Waals surface area contributed by atoms with Crippen LogP contribution in [0.2, 0.25) is 0 Å². The minimum absolute atomic E-state index is 0.0395. The minimum Gasteiger partial charge on any atom is -0.496 e. The maximum Gasteiger partial charge on any atom is 0.224 e. The average Bonchev–Trinajstić information content (AvgIpc) is 2.62. The molecule has 0 aromatic heterocycles. The summed E-state index contributed by atoms with van der Waals surface area (Å²) < 4.78 is 10.8. The molecule has 132 valence electrons. The van der Waals surface area contributed by atoms with Crippen molar-refractivity contribution >= 4 is 11.7 Å². The molecule has 0 aliphatic rings. The number of hydrogen-bond donors (Lipinski definition) is 1. The zero-order valence-electron chi connectivity index (χ0n) is 14.6. The van der Waals surface area contributed by atoms with Gasteiger partial charge < -0.3 is 14.8 Å². The molecule has 0 fully saturated rings. The summed E-state index contributed by atoms with van der Waals surface area (Å²) in [6.07, 6.45) is 0.884. The van der Waals surface area contributed by atoms with Gasteiger partial charge in [-0.2, -0.15) is 0 Å². The zero-order chi connectivity index (χ0) is 18.1. The summed E-state index contributed by atoms with van der Waals surface area (Å²) in [7, 11) is 1.55. The standard InChI is InChI=1S/C20H23NO4/c1-15(22)16-9-10-19(24-2)17(13-16)14-20(23)21-11-6-12-25-18-7-4-3-5-8-18/h3-5,7-10,13H,6,11-12,14H2,1-2H3,(H,21,23). The van der Waals surface area contributed by atoms with Crippen LogP contribution >= 0.6 is 0 Å². The number of Topliss-reactive ketones (excluding diaryl/α,β-unsaturated/α-hetero) is 1. The Morgan fingerprint density at radius 1 is 1.08 bits per heavy atom. The Balaban J connectivity index is 1.78. The third-order valence-corrected chi connectivity index (χ3v) is 3.69. The van der Waals surface area contributed by atoms with Gasteiger partial charge in [0.25, 0.3) is 0 Å². The molecular weight excluding hydrogens is 318 g/mol. The van der Waals surface area contributed by atoms with Gasteiger partial charge in [-0.25, -0.2) is 0 Å². The van der Waals surface area contributed by atoms with Crippen LogP contribution in [-0.2, 0) is 11.2 Å². The van der Waals surface area contributed by atoms with Crippen LogP contribution < -0.4 is 14.8 Å². The fraction of sp³-hybridized carbons (Fsp3) is 0.300. The van der Waals surface area contributed by atoms with Crippen molar-refractivity contribution in [1.82, 2.24) is 5.32 Å². The molecule has 2 rings (SSSR count). The van der Waals surface area contributed by atoms with Crippen LogP contribution in [0.25, 0.3) is 0 Å². The molecular formula is C20H23NO4. The van der Waals surface area contributed by atoms with E-state index in [4.69, 9.17) is 9.47 Å². The first-order chi connectivity index (χ1) is 12.1. The number of amides is 1. The third kappa shape index (κ3) is 5.95. The molecule has 0 bridgehead atoms. The van der Waals surface area contributed by atoms with Gasteiger partial charge in [-0.1, -0.05) is 18.2 Å². The Labute approximate surface area is 148 Å². The van der Waals surface area contributed by atoms with Gasteiger partial charge in [0.2, 0.25) is 5.91 Å². The lowest BCUT2D eigenvalue weighted by atomic mass is 10.0. The van der Waals surface area contributed by atoms with E-state index in [0.29, 0.717) is 36.4 Å². The van der Waals surface area contributed by atoms with Crippen molar-refractivity contribution in [2.75, 3.05) is 20.3 Å². The second kappa shape index (κ2) is 9.47. The van der Waals surface area contributed by atoms with Crippen molar-refractivity contribution in [3.63, 3.8) is 0 Å². The molecule has 0 aliphatic heterocycles. The van der Waals surface area contributed by atoms with Crippen LogP contribution in [0.1, 0.15) is 29.3 Å². The largest absolute Gasteiger partial charge is 0.496 e. The van der Waals surface area contributed by atoms with Crippen molar-refractivity contribution in [3.05, 3.63) is 59.7 Å². The number of nitrogens with one attached hydrogen (secondary N) is 1. The number of rotatable bonds is 9. The lowest BCUT2D eigenvalue weighted by molar-refractivity contribution is -0.120. The first-order valence-corrected chi connectivity index (χ1v) is 8.22. The molecule has 5 nitrogen and oxygen atoms in total. The van der Waals surface area contributed by atoms with Gasteiger partial charge in [0.05, 0.1) is 20.1 Å². The number of carbonyl (C=O) groups is 2. The molecule has 2 aromatic rings. The molecule has 1 amide bonds. The Kier molecular flexibility index (Phi) is 7.01. The van der Waals surface area contributed by atoms with Crippen molar-refractivity contribution in [2.45, 2.75) is 19.8 Å². The minimum atomic E-state index is -0.112. The summed E-state index contributed by atoms with van der Waals surface area (Å²) in [6.45, 7) is 2.56. The van der Waals surface area contributed by atoms with Crippen LogP contribution in [0.15, 0.2) is 48.5 Å². The molecule has 0 saturated heterocycles. The maximum atomic E-state index is 12.1. The van der Waals surface area contributed by atoms with Crippen LogP contribution in [0, 0.1) is 0 Å². The number of carbonyl (C=O) groups excluding carboxylic acids is 2. The fourth-order valence-electron chi connectivity index (χ4n) is 2.38. The Morgan fingerprint density at radius 3 is 2.52 bits per heavy atom. The summed E-state index contributed by atoms with van der Waals surface area (Å²) in [5.41, 5.74) is 1.27. The van der Waals surface area contributed by atoms with Gasteiger partial charge >= 0.3 is 0 Å². The van der Waals surface area contributed by atoms with Crippen LogP contribution in [0.4, 0.5) is 0 Å². The Hall–Kier alpha value is -2.82. The number of hydrogen-bond acceptors (Lipinski definition) is 4. The highest BCUT2D eigenvalue weighted by Crippen LogP contribution is 2.20. The molecule has 0 saturated carbocycles. The van der Waals surface area contributed by atoms with Gasteiger partial charge in [0.15, 0.2) is 5.78 Å². The van der Waals surface area contributed by atoms with E-state index >= 15 is 0 Å². The van der Waals surface area contributed by atoms with Gasteiger partial charge in [-0.3, -0.25) is 9.59 Å². The fourth-order valence-corrected chi connectivity index (χ4v) is 2.38. The first kappa shape index (κ1) is 18.5. The molecule has 0 heterocycles. The number of methoxy groups -OCH3 is 1. The lowest BCUT2D eigenvalue weighted by Crippen LogP contribution is -2.27. The van der Waals surface area contributed by atoms with Crippen molar-refractivity contribution < 1.29 is 19.1 Å². The molecule has 1 N–H and O–H groups in total. The summed E-state index contributed by atoms with van der Waals surface area (Å²) >= 11 is 0. The first-order valence-electron chi connectivity index (χ1n) is 8.22. The predicted octanol–water partition coefficient (Wildman–Crippen LogP) is 3.03. The van der Waals surface area contributed by atoms with E-state index in [1.165, 1.54) is 6.92 Å². The smallest absolute Gasteiger partial charge is 0.224 e. The van der Waals surface area contributed by atoms with E-state index in [-0.39, 0.29) is 18.1 Å². The topological polar surface area (TPSA) is 64.6 Å². The third-order valence-electron chi connectivity index (χ3n) is 3.69. The number of ether oxygens (including phenoxy) is 2. The quantitative estimate of drug-likeness (QED) is 0.562. The summed E-state index contributed by atoms with van der Waals surface area (Å²) in [6, 6.07) is 14.7. The normalized spacial score (nSPS) is 10.2. The zero-order valence-corrected chi connectivity index (χ0v) is 14.6. The van der Waals surface area contributed by atoms with Crippen molar-refractivity contribution in [1.29, 1.82) is 0 Å². The molecule has 2 aromatic carbocycles. The van der Waals surface area contributed by atoms with Gasteiger partial charge in [0, 0.05) is 17.7 Å². The second-order valence-corrected chi connectivity index (χ2v) is 5.62. The van der Waals surface area contributed by atoms with Crippen LogP contribution in [0.5, 0.6) is 11.5 Å². The number of benzene rings is 2. The summed E-state index contributed by atoms with van der Waals surface area (Å²) in [4.78, 5) is 23.6. The van der Waals surface area contributed by atoms with E-state index in [9.17, 15) is 9.59 Å². The SMILES string of the molecule is COc1ccc(C(C)=O)cc1CC(=O)NCCCOc1ccccc1. The maximum absolute atomic E-state index is 12.1. The predicted molar refractivity (Wildman–Crippen MR) is 96.3 cm³/mol. The van der Waals surface area contributed by atoms with Crippen molar-refractivity contribution in [2.24, 2.45) is 0 Å². The van der Waals surface area contributed by atoms with Gasteiger partial charge in [0.1, 0.15) is 11.5 Å². The second-order valence-electron chi connectivity index (χ2n) is 5.62. The van der Waals surface area contributed by atoms with Gasteiger partial charge in [-0.15, -0.1) is 0 Å². The number of ketones is 1. The summed E-state index contributed by atoms with van der Waals surface area (Å²) in [5.74, 6) is 1.27. The molecule has 0 spiro atoms. The van der Waals surface area contributed by atoms with E-state index in [1.54, 1.807) is 25.3 Å². The highest BCUT2D eigenvalue weighted by atomic mass is 16.5. The molecule has 0 atom stereocenters. The van der Waals surface area contributed by atoms with Gasteiger partial charge in [-0.05, 0) is 43.7 Å². The highest BCUT2D eigenvalue weighted by molar-refractivity contribution is 5.94. The molecule has 5 heteroatoms. The Morgan fingerprint density at radius 2 is 1.84 bits per heavy atom. The highest BCUT2D eigenvalue weighted by Gasteiger charge is 2.11. The lowest BCUT2D eigenvalue weighted by Gasteiger charge is -2.11. The molecule has 25 heavy (non-hydrogen) atoms. The van der Waals surface area contributed by atoms with Crippen molar-refractivity contribution in [3.8, 4) is 11.5 Å². The average molecular weight is 341 g/mol. The molecule has 0 aliphatic carbocycles. The number of para-hydroxylation sites is 1. The van der Waals surface area contributed by atoms with E-state index in [1.807, 2.05) is 30.3 Å².